The van der Waals surface area contributed by atoms with Gasteiger partial charge in [-0.2, -0.15) is 0 Å². The maximum atomic E-state index is 13.8. The van der Waals surface area contributed by atoms with Crippen LogP contribution in [-0.2, 0) is 31.3 Å². The van der Waals surface area contributed by atoms with Crippen molar-refractivity contribution < 1.29 is 32.5 Å². The van der Waals surface area contributed by atoms with E-state index in [-0.39, 0.29) is 48.4 Å². The van der Waals surface area contributed by atoms with Crippen molar-refractivity contribution in [2.75, 3.05) is 51.5 Å². The second-order valence-electron chi connectivity index (χ2n) is 14.2. The number of halogens is 1. The molecule has 1 amide bonds. The Hall–Kier alpha value is -2.63. The van der Waals surface area contributed by atoms with Crippen molar-refractivity contribution in [2.24, 2.45) is 17.8 Å². The molecule has 2 N–H and O–H groups in total. The maximum Gasteiger partial charge on any atom is 0.264 e. The number of rotatable bonds is 6. The number of ether oxygens (including phenoxy) is 3. The fourth-order valence-electron chi connectivity index (χ4n) is 8.61. The van der Waals surface area contributed by atoms with Crippen molar-refractivity contribution in [1.29, 1.82) is 0 Å². The number of nitrogens with zero attached hydrogens (tertiary/aromatic N) is 1. The van der Waals surface area contributed by atoms with Crippen LogP contribution < -0.4 is 14.4 Å². The standard InChI is InChI=1S/C37H49ClN2O7S/c1-4-47-37(23-41)17-5-7-25(2)34(15-18-45-3)48(43,44)39-35(42)27-10-14-33-32(20-27)40(21-28-9-12-31(28)37)22-36(24-46-33)16-6-8-26-19-29(38)11-13-30(26)36/h5,10-11,13-14,17,19-20,25,28,31,34,41H,4,6-9,12,15-16,18,21-24H2,1-3H3,(H,39,42)/b17-5+/t25-,28-,31+,34+,36-,37-/m0/s1. The number of allylic oxidation sites excluding steroid dienone is 1. The summed E-state index contributed by atoms with van der Waals surface area (Å²) in [6, 6.07) is 11.4. The Bertz CT molecular complexity index is 1630. The molecule has 2 heterocycles. The molecule has 6 atom stereocenters. The number of aryl methyl sites for hydroxylation is 1. The second-order valence-corrected chi connectivity index (χ2v) is 16.5. The first-order valence-electron chi connectivity index (χ1n) is 17.3. The monoisotopic (exact) mass is 700 g/mol. The zero-order valence-electron chi connectivity index (χ0n) is 28.3. The molecule has 11 heteroatoms. The van der Waals surface area contributed by atoms with Crippen molar-refractivity contribution in [3.63, 3.8) is 0 Å². The molecule has 0 aromatic heterocycles. The lowest BCUT2D eigenvalue weighted by molar-refractivity contribution is -0.119. The summed E-state index contributed by atoms with van der Waals surface area (Å²) >= 11 is 6.44. The number of aliphatic hydroxyl groups excluding tert-OH is 1. The molecule has 2 aromatic carbocycles. The SMILES string of the molecule is CCO[C@]1(CO)/C=C/C[C@H](C)[C@@H](CCOC)S(=O)(=O)NC(=O)c2ccc3c(c2)N(C[C@@H]2CC[C@H]21)C[C@@]1(CCCc2cc(Cl)ccc21)CO3. The molecule has 1 fully saturated rings. The van der Waals surface area contributed by atoms with E-state index >= 15 is 0 Å². The lowest BCUT2D eigenvalue weighted by atomic mass is 9.64. The van der Waals surface area contributed by atoms with Gasteiger partial charge in [-0.3, -0.25) is 4.79 Å². The van der Waals surface area contributed by atoms with E-state index in [2.05, 4.69) is 21.8 Å². The fourth-order valence-corrected chi connectivity index (χ4v) is 10.5. The maximum absolute atomic E-state index is 13.8. The first-order valence-corrected chi connectivity index (χ1v) is 19.3. The van der Waals surface area contributed by atoms with Crippen molar-refractivity contribution in [1.82, 2.24) is 4.72 Å². The summed E-state index contributed by atoms with van der Waals surface area (Å²) in [4.78, 5) is 16.0. The summed E-state index contributed by atoms with van der Waals surface area (Å²) in [5.41, 5.74) is 2.31. The minimum absolute atomic E-state index is 0.0578. The summed E-state index contributed by atoms with van der Waals surface area (Å²) < 4.78 is 48.2. The Morgan fingerprint density at radius 3 is 2.75 bits per heavy atom. The highest BCUT2D eigenvalue weighted by molar-refractivity contribution is 7.90. The van der Waals surface area contributed by atoms with Crippen LogP contribution in [0.4, 0.5) is 5.69 Å². The second kappa shape index (κ2) is 14.3. The van der Waals surface area contributed by atoms with Crippen LogP contribution in [0.25, 0.3) is 0 Å². The van der Waals surface area contributed by atoms with E-state index in [9.17, 15) is 18.3 Å². The van der Waals surface area contributed by atoms with Gasteiger partial charge >= 0.3 is 0 Å². The largest absolute Gasteiger partial charge is 0.490 e. The molecule has 0 unspecified atom stereocenters. The summed E-state index contributed by atoms with van der Waals surface area (Å²) in [6.07, 6.45) is 9.37. The first-order chi connectivity index (χ1) is 23.0. The number of nitrogens with one attached hydrogen (secondary N) is 1. The van der Waals surface area contributed by atoms with Crippen LogP contribution >= 0.6 is 11.6 Å². The Morgan fingerprint density at radius 1 is 1.19 bits per heavy atom. The summed E-state index contributed by atoms with van der Waals surface area (Å²) in [6.45, 7) is 6.12. The summed E-state index contributed by atoms with van der Waals surface area (Å²) in [5, 5.41) is 10.8. The van der Waals surface area contributed by atoms with Crippen molar-refractivity contribution >= 4 is 33.2 Å². The van der Waals surface area contributed by atoms with Gasteiger partial charge in [0.1, 0.15) is 11.4 Å². The number of amides is 1. The third kappa shape index (κ3) is 6.75. The predicted octanol–water partition coefficient (Wildman–Crippen LogP) is 5.67. The third-order valence-electron chi connectivity index (χ3n) is 11.2. The van der Waals surface area contributed by atoms with E-state index in [1.807, 2.05) is 32.1 Å². The van der Waals surface area contributed by atoms with Crippen molar-refractivity contribution in [2.45, 2.75) is 75.1 Å². The average molecular weight is 701 g/mol. The molecule has 48 heavy (non-hydrogen) atoms. The van der Waals surface area contributed by atoms with Gasteiger partial charge in [0.15, 0.2) is 0 Å². The quantitative estimate of drug-likeness (QED) is 0.371. The molecule has 2 aliphatic heterocycles. The van der Waals surface area contributed by atoms with Crippen molar-refractivity contribution in [3.8, 4) is 5.75 Å². The zero-order valence-corrected chi connectivity index (χ0v) is 29.8. The number of sulfonamides is 1. The van der Waals surface area contributed by atoms with Crippen LogP contribution in [0.15, 0.2) is 48.6 Å². The van der Waals surface area contributed by atoms with Gasteiger partial charge < -0.3 is 24.2 Å². The summed E-state index contributed by atoms with van der Waals surface area (Å²) in [7, 11) is -2.54. The molecule has 262 valence electrons. The van der Waals surface area contributed by atoms with E-state index in [1.165, 1.54) is 18.2 Å². The minimum atomic E-state index is -4.07. The fraction of sp³-hybridized carbons (Fsp3) is 0.595. The van der Waals surface area contributed by atoms with Gasteiger partial charge in [-0.15, -0.1) is 0 Å². The molecule has 0 radical (unpaired) electrons. The van der Waals surface area contributed by atoms with Gasteiger partial charge in [0.2, 0.25) is 10.0 Å². The summed E-state index contributed by atoms with van der Waals surface area (Å²) in [5.74, 6) is -0.0623. The molecular weight excluding hydrogens is 652 g/mol. The number of anilines is 1. The number of benzene rings is 2. The lowest BCUT2D eigenvalue weighted by Crippen LogP contribution is -2.54. The molecule has 6 rings (SSSR count). The number of carbonyl (C=O) groups excluding carboxylic acids is 1. The molecular formula is C37H49ClN2O7S. The highest BCUT2D eigenvalue weighted by Gasteiger charge is 2.49. The van der Waals surface area contributed by atoms with Crippen LogP contribution in [0.1, 0.15) is 73.9 Å². The van der Waals surface area contributed by atoms with Crippen LogP contribution in [0, 0.1) is 17.8 Å². The highest BCUT2D eigenvalue weighted by atomic mass is 35.5. The van der Waals surface area contributed by atoms with Gasteiger partial charge in [0.05, 0.1) is 24.2 Å². The smallest absolute Gasteiger partial charge is 0.264 e. The van der Waals surface area contributed by atoms with Gasteiger partial charge in [-0.1, -0.05) is 36.7 Å². The number of fused-ring (bicyclic) bond motifs is 4. The number of carbonyl (C=O) groups is 1. The third-order valence-corrected chi connectivity index (χ3v) is 13.4. The van der Waals surface area contributed by atoms with Crippen LogP contribution in [-0.4, -0.2) is 76.9 Å². The van der Waals surface area contributed by atoms with E-state index in [0.717, 1.165) is 42.8 Å². The molecule has 4 aliphatic rings. The number of aliphatic hydroxyl groups is 1. The van der Waals surface area contributed by atoms with Gasteiger partial charge in [0.25, 0.3) is 5.91 Å². The van der Waals surface area contributed by atoms with Crippen LogP contribution in [0.2, 0.25) is 5.02 Å². The Balaban J connectivity index is 1.46. The molecule has 1 spiro atoms. The van der Waals surface area contributed by atoms with Crippen LogP contribution in [0.3, 0.4) is 0 Å². The molecule has 2 aromatic rings. The number of hydrogen-bond donors (Lipinski definition) is 2. The highest BCUT2D eigenvalue weighted by Crippen LogP contribution is 2.49. The van der Waals surface area contributed by atoms with Gasteiger partial charge in [-0.05, 0) is 111 Å². The molecule has 9 nitrogen and oxygen atoms in total. The van der Waals surface area contributed by atoms with Crippen molar-refractivity contribution in [3.05, 3.63) is 70.3 Å². The molecule has 2 aliphatic carbocycles. The predicted molar refractivity (Wildman–Crippen MR) is 187 cm³/mol. The minimum Gasteiger partial charge on any atom is -0.490 e. The topological polar surface area (TPSA) is 114 Å². The number of methoxy groups -OCH3 is 1. The zero-order chi connectivity index (χ0) is 34.1. The average Bonchev–Trinajstić information content (AvgIpc) is 3.19. The van der Waals surface area contributed by atoms with E-state index in [4.69, 9.17) is 25.8 Å². The van der Waals surface area contributed by atoms with E-state index in [0.29, 0.717) is 38.5 Å². The van der Waals surface area contributed by atoms with Gasteiger partial charge in [0, 0.05) is 49.4 Å². The van der Waals surface area contributed by atoms with Gasteiger partial charge in [-0.25, -0.2) is 13.1 Å². The van der Waals surface area contributed by atoms with E-state index in [1.54, 1.807) is 18.2 Å². The lowest BCUT2D eigenvalue weighted by Gasteiger charge is -2.50. The van der Waals surface area contributed by atoms with E-state index < -0.39 is 26.8 Å². The Morgan fingerprint density at radius 2 is 2.02 bits per heavy atom. The Labute approximate surface area is 290 Å². The normalized spacial score (nSPS) is 32.2. The number of hydrogen-bond acceptors (Lipinski definition) is 8. The molecule has 2 bridgehead atoms. The first kappa shape index (κ1) is 35.2. The Kier molecular flexibility index (Phi) is 10.5. The molecule has 0 saturated heterocycles. The van der Waals surface area contributed by atoms with Crippen LogP contribution in [0.5, 0.6) is 5.75 Å². The molecule has 1 saturated carbocycles.